The van der Waals surface area contributed by atoms with Gasteiger partial charge in [-0.25, -0.2) is 0 Å². The van der Waals surface area contributed by atoms with Crippen LogP contribution in [0.25, 0.3) is 167 Å². The van der Waals surface area contributed by atoms with Gasteiger partial charge in [0.2, 0.25) is 0 Å². The van der Waals surface area contributed by atoms with Crippen LogP contribution in [0.15, 0.2) is 456 Å². The Morgan fingerprint density at radius 3 is 0.796 bits per heavy atom. The van der Waals surface area contributed by atoms with Gasteiger partial charge in [0.25, 0.3) is 0 Å². The number of rotatable bonds is 15. The van der Waals surface area contributed by atoms with E-state index in [0.717, 1.165) is 121 Å². The van der Waals surface area contributed by atoms with E-state index in [-0.39, 0.29) is 60.3 Å². The maximum atomic E-state index is 4.64. The second-order valence-electron chi connectivity index (χ2n) is 35.6. The molecule has 12 aromatic carbocycles. The molecule has 24 rings (SSSR count). The van der Waals surface area contributed by atoms with Crippen molar-refractivity contribution >= 4 is 65.4 Å². The van der Waals surface area contributed by atoms with E-state index in [1.807, 2.05) is 279 Å². The summed E-state index contributed by atoms with van der Waals surface area (Å²) in [4.78, 5) is 39.1. The third kappa shape index (κ3) is 30.0. The molecule has 0 unspecified atom stereocenters. The molecule has 12 heterocycles. The molecule has 147 heavy (non-hydrogen) atoms. The number of benzene rings is 12. The van der Waals surface area contributed by atoms with E-state index in [9.17, 15) is 0 Å². The van der Waals surface area contributed by atoms with Crippen molar-refractivity contribution < 1.29 is 60.3 Å². The Balaban J connectivity index is 0.000000140. The van der Waals surface area contributed by atoms with E-state index < -0.39 is 0 Å². The van der Waals surface area contributed by atoms with Crippen LogP contribution >= 0.6 is 0 Å². The molecule has 0 saturated carbocycles. The van der Waals surface area contributed by atoms with Gasteiger partial charge in [-0.15, -0.1) is 287 Å². The minimum absolute atomic E-state index is 0. The van der Waals surface area contributed by atoms with Crippen molar-refractivity contribution in [1.29, 1.82) is 0 Å². The number of nitrogens with zero attached hydrogens (tertiary/aromatic N) is 12. The van der Waals surface area contributed by atoms with Gasteiger partial charge in [-0.2, -0.15) is 0 Å². The normalized spacial score (nSPS) is 10.4. The van der Waals surface area contributed by atoms with Crippen LogP contribution in [0.5, 0.6) is 0 Å². The van der Waals surface area contributed by atoms with Gasteiger partial charge in [0.1, 0.15) is 0 Å². The molecule has 726 valence electrons. The van der Waals surface area contributed by atoms with Crippen LogP contribution < -0.4 is 0 Å². The molecule has 24 aromatic rings. The summed E-state index contributed by atoms with van der Waals surface area (Å²) in [6, 6.07) is 163. The second kappa shape index (κ2) is 56.0. The Morgan fingerprint density at radius 2 is 0.483 bits per heavy atom. The Labute approximate surface area is 905 Å². The second-order valence-corrected chi connectivity index (χ2v) is 35.6. The van der Waals surface area contributed by atoms with Gasteiger partial charge in [-0.3, -0.25) is 0 Å². The first kappa shape index (κ1) is 109. The molecule has 12 nitrogen and oxygen atoms in total. The molecule has 0 fully saturated rings. The predicted molar refractivity (Wildman–Crippen MR) is 594 cm³/mol. The molecule has 0 N–H and O–H groups in total. The van der Waals surface area contributed by atoms with E-state index in [1.54, 1.807) is 37.2 Å². The quantitative estimate of drug-likeness (QED) is 0.0921. The molecule has 0 bridgehead atoms. The zero-order valence-electron chi connectivity index (χ0n) is 83.5. The largest absolute Gasteiger partial charge is 3.00 e. The van der Waals surface area contributed by atoms with Crippen LogP contribution in [-0.4, -0.2) is 58.6 Å². The Morgan fingerprint density at radius 1 is 0.204 bits per heavy atom. The zero-order valence-corrected chi connectivity index (χ0v) is 90.7. The molecule has 12 aromatic heterocycles. The van der Waals surface area contributed by atoms with E-state index in [1.165, 1.54) is 82.1 Å². The van der Waals surface area contributed by atoms with Crippen molar-refractivity contribution in [2.24, 2.45) is 17.8 Å². The van der Waals surface area contributed by atoms with E-state index in [4.69, 9.17) is 0 Å². The first-order chi connectivity index (χ1) is 70.7. The van der Waals surface area contributed by atoms with Crippen molar-refractivity contribution in [3.63, 3.8) is 0 Å². The molecule has 0 aliphatic carbocycles. The first-order valence-electron chi connectivity index (χ1n) is 48.6. The molecule has 0 saturated heterocycles. The third-order valence-corrected chi connectivity index (χ3v) is 23.2. The molecular weight excluding hydrogens is 2330 g/mol. The van der Waals surface area contributed by atoms with Crippen molar-refractivity contribution in [3.8, 4) is 101 Å². The molecular formula is C132H111Ir3N12. The number of aromatic nitrogens is 12. The molecule has 0 atom stereocenters. The average molecular weight is 2440 g/mol. The predicted octanol–water partition coefficient (Wildman–Crippen LogP) is 32.1. The Bertz CT molecular complexity index is 7180. The SMILES string of the molecule is Cc1ccc(-c2[c-]cc3c(c2)c2ccccc2n3CC(C)C)nc1.Cc1ccc(-c2[c-]cc3c4ccccc4n(CC(C)C)c3c2)nc1.Cc1ccc(-c2[c-]ccc3c4ccccc4n(CC(C)C)c23)nc1.[Ir+3].[Ir+3].[Ir+3].[c-]1ccccc1-c1ccccn1.[c-]1ccccc1-c1ccccn1.[c-]1ccccc1-c1ccccn1.[c-]1ccccc1-c1ccccn1.[c-]1ccccc1-c1ccccn1.[c-]1ccccc1-c1ccccn1. The summed E-state index contributed by atoms with van der Waals surface area (Å²) >= 11 is 0. The smallest absolute Gasteiger partial charge is 0.380 e. The number of aryl methyl sites for hydroxylation is 3. The van der Waals surface area contributed by atoms with Gasteiger partial charge >= 0.3 is 60.3 Å². The molecule has 0 radical (unpaired) electrons. The van der Waals surface area contributed by atoms with Crippen LogP contribution in [-0.2, 0) is 80.0 Å². The number of para-hydroxylation sites is 3. The van der Waals surface area contributed by atoms with Gasteiger partial charge in [0.05, 0.1) is 0 Å². The van der Waals surface area contributed by atoms with E-state index >= 15 is 0 Å². The minimum Gasteiger partial charge on any atom is -0.380 e. The van der Waals surface area contributed by atoms with E-state index in [2.05, 4.69) is 315 Å². The first-order valence-corrected chi connectivity index (χ1v) is 48.6. The maximum Gasteiger partial charge on any atom is 3.00 e. The number of hydrogen-bond donors (Lipinski definition) is 0. The summed E-state index contributed by atoms with van der Waals surface area (Å²) in [6.45, 7) is 22.8. The zero-order chi connectivity index (χ0) is 99.4. The minimum atomic E-state index is 0. The van der Waals surface area contributed by atoms with E-state index in [0.29, 0.717) is 17.8 Å². The number of pyridine rings is 9. The summed E-state index contributed by atoms with van der Waals surface area (Å²) in [5.41, 5.74) is 29.3. The average Bonchev–Trinajstić information content (AvgIpc) is 1.60. The fourth-order valence-electron chi connectivity index (χ4n) is 16.5. The van der Waals surface area contributed by atoms with Crippen LogP contribution in [0.4, 0.5) is 0 Å². The Kier molecular flexibility index (Phi) is 41.4. The van der Waals surface area contributed by atoms with Gasteiger partial charge in [0.15, 0.2) is 0 Å². The molecule has 0 spiro atoms. The standard InChI is InChI=1S/3C22H21N2.6C11H8N.3Ir/c1-15(2)14-24-21-10-5-4-7-17(21)18-8-6-9-19(22(18)24)20-12-11-16(3)13-23-20;1-15(2)14-24-21-7-5-4-6-18(21)19-10-9-17(12-22(19)24)20-11-8-16(3)13-23-20;1-15(2)14-24-21-7-5-4-6-18(21)19-12-17(9-11-22(19)24)20-10-8-16(3)13-23-20;6*1-2-6-10(7-3-1)11-8-4-5-9-12-11;;;/h3*4-8,10-13,15H,14H2,1-3H3;6*1-6,8-9H;;;/q9*-1;3*+3. The fourth-order valence-corrected chi connectivity index (χ4v) is 16.5. The van der Waals surface area contributed by atoms with Crippen LogP contribution in [0, 0.1) is 93.1 Å². The van der Waals surface area contributed by atoms with Crippen LogP contribution in [0.2, 0.25) is 0 Å². The number of hydrogen-bond acceptors (Lipinski definition) is 9. The molecule has 15 heteroatoms. The van der Waals surface area contributed by atoms with Gasteiger partial charge in [0, 0.05) is 92.0 Å². The monoisotopic (exact) mass is 2440 g/mol. The molecule has 0 amide bonds. The summed E-state index contributed by atoms with van der Waals surface area (Å²) in [7, 11) is 0. The number of fused-ring (bicyclic) bond motifs is 9. The maximum absolute atomic E-state index is 4.64. The molecule has 0 aliphatic rings. The Hall–Kier alpha value is -15.7. The van der Waals surface area contributed by atoms with Crippen molar-refractivity contribution in [1.82, 2.24) is 58.6 Å². The summed E-state index contributed by atoms with van der Waals surface area (Å²) in [5, 5.41) is 7.73. The van der Waals surface area contributed by atoms with Crippen LogP contribution in [0.1, 0.15) is 58.2 Å². The van der Waals surface area contributed by atoms with Crippen molar-refractivity contribution in [2.45, 2.75) is 81.9 Å². The summed E-state index contributed by atoms with van der Waals surface area (Å²) in [6.07, 6.45) is 16.5. The van der Waals surface area contributed by atoms with Crippen molar-refractivity contribution in [2.75, 3.05) is 0 Å². The topological polar surface area (TPSA) is 131 Å². The fraction of sp³-hybridized carbons (Fsp3) is 0.114. The van der Waals surface area contributed by atoms with Gasteiger partial charge in [-0.1, -0.05) is 221 Å². The third-order valence-electron chi connectivity index (χ3n) is 23.2. The summed E-state index contributed by atoms with van der Waals surface area (Å²) < 4.78 is 7.28. The molecule has 0 aliphatic heterocycles. The van der Waals surface area contributed by atoms with Crippen LogP contribution in [0.3, 0.4) is 0 Å². The van der Waals surface area contributed by atoms with Gasteiger partial charge < -0.3 is 58.6 Å². The van der Waals surface area contributed by atoms with Gasteiger partial charge in [-0.05, 0) is 194 Å². The summed E-state index contributed by atoms with van der Waals surface area (Å²) in [5.74, 6) is 1.76. The van der Waals surface area contributed by atoms with Crippen molar-refractivity contribution in [3.05, 3.63) is 527 Å².